The summed E-state index contributed by atoms with van der Waals surface area (Å²) in [6, 6.07) is 4.95. The molecule has 2 aliphatic rings. The van der Waals surface area contributed by atoms with E-state index in [1.165, 1.54) is 33.4 Å². The summed E-state index contributed by atoms with van der Waals surface area (Å²) >= 11 is 1.53. The van der Waals surface area contributed by atoms with E-state index in [0.717, 1.165) is 23.4 Å². The highest BCUT2D eigenvalue weighted by Gasteiger charge is 2.63. The second-order valence-electron chi connectivity index (χ2n) is 7.84. The molecule has 6 heteroatoms. The predicted molar refractivity (Wildman–Crippen MR) is 97.0 cm³/mol. The molecule has 0 radical (unpaired) electrons. The van der Waals surface area contributed by atoms with Gasteiger partial charge in [0.05, 0.1) is 17.0 Å². The Bertz CT molecular complexity index is 897. The van der Waals surface area contributed by atoms with Gasteiger partial charge in [-0.3, -0.25) is 4.79 Å². The number of benzene rings is 1. The summed E-state index contributed by atoms with van der Waals surface area (Å²) in [6.45, 7) is 6.63. The second kappa shape index (κ2) is 5.59. The van der Waals surface area contributed by atoms with Gasteiger partial charge in [-0.15, -0.1) is 11.3 Å². The van der Waals surface area contributed by atoms with Crippen LogP contribution in [0.4, 0.5) is 18.9 Å². The Kier molecular flexibility index (Phi) is 3.78. The lowest BCUT2D eigenvalue weighted by Crippen LogP contribution is -2.15. The van der Waals surface area contributed by atoms with Gasteiger partial charge < -0.3 is 5.32 Å². The van der Waals surface area contributed by atoms with Crippen molar-refractivity contribution in [3.05, 3.63) is 50.7 Å². The smallest absolute Gasteiger partial charge is 0.378 e. The molecule has 1 N–H and O–H groups in total. The minimum absolute atomic E-state index is 0.00638. The van der Waals surface area contributed by atoms with E-state index in [4.69, 9.17) is 0 Å². The van der Waals surface area contributed by atoms with Gasteiger partial charge in [0.1, 0.15) is 0 Å². The lowest BCUT2D eigenvalue weighted by Gasteiger charge is -2.11. The summed E-state index contributed by atoms with van der Waals surface area (Å²) in [6.07, 6.45) is -3.44. The Morgan fingerprint density at radius 3 is 2.77 bits per heavy atom. The summed E-state index contributed by atoms with van der Waals surface area (Å²) in [7, 11) is 0. The Morgan fingerprint density at radius 2 is 2.08 bits per heavy atom. The van der Waals surface area contributed by atoms with Gasteiger partial charge in [0.2, 0.25) is 0 Å². The number of halogens is 3. The largest absolute Gasteiger partial charge is 0.416 e. The Morgan fingerprint density at radius 1 is 1.35 bits per heavy atom. The Labute approximate surface area is 154 Å². The van der Waals surface area contributed by atoms with Crippen LogP contribution in [0.15, 0.2) is 24.3 Å². The molecule has 2 aliphatic carbocycles. The molecule has 1 fully saturated rings. The quantitative estimate of drug-likeness (QED) is 0.694. The van der Waals surface area contributed by atoms with Crippen LogP contribution in [0.1, 0.15) is 51.0 Å². The average Bonchev–Trinajstić information content (AvgIpc) is 2.92. The van der Waals surface area contributed by atoms with E-state index in [1.807, 2.05) is 0 Å². The number of hydrogen-bond donors (Lipinski definition) is 1. The molecule has 2 nitrogen and oxygen atoms in total. The number of nitrogens with one attached hydrogen (secondary N) is 1. The van der Waals surface area contributed by atoms with Gasteiger partial charge in [-0.05, 0) is 59.9 Å². The molecule has 0 spiro atoms. The van der Waals surface area contributed by atoms with Crippen LogP contribution in [0.2, 0.25) is 0 Å². The first kappa shape index (κ1) is 17.6. The molecule has 0 saturated heterocycles. The van der Waals surface area contributed by atoms with Gasteiger partial charge in [-0.2, -0.15) is 13.2 Å². The fraction of sp³-hybridized carbons (Fsp3) is 0.450. The molecule has 1 aromatic heterocycles. The zero-order chi connectivity index (χ0) is 18.9. The summed E-state index contributed by atoms with van der Waals surface area (Å²) < 4.78 is 38.4. The highest BCUT2D eigenvalue weighted by molar-refractivity contribution is 7.14. The molecule has 26 heavy (non-hydrogen) atoms. The van der Waals surface area contributed by atoms with Crippen LogP contribution in [0.5, 0.6) is 0 Å². The van der Waals surface area contributed by atoms with Crippen molar-refractivity contribution in [2.75, 3.05) is 11.9 Å². The van der Waals surface area contributed by atoms with E-state index in [-0.39, 0.29) is 12.3 Å². The molecule has 1 heterocycles. The maximum Gasteiger partial charge on any atom is 0.416 e. The molecule has 1 saturated carbocycles. The third kappa shape index (κ3) is 2.66. The lowest BCUT2D eigenvalue weighted by atomic mass is 9.94. The number of carbonyl (C=O) groups is 1. The number of fused-ring (bicyclic) bond motifs is 3. The Balaban J connectivity index is 1.50. The van der Waals surface area contributed by atoms with Crippen molar-refractivity contribution in [1.82, 2.24) is 0 Å². The molecule has 0 bridgehead atoms. The van der Waals surface area contributed by atoms with Crippen molar-refractivity contribution in [2.24, 2.45) is 11.3 Å². The molecular weight excluding hydrogens is 359 g/mol. The first-order chi connectivity index (χ1) is 12.1. The van der Waals surface area contributed by atoms with Gasteiger partial charge in [0.15, 0.2) is 5.78 Å². The minimum Gasteiger partial charge on any atom is -0.378 e. The predicted octanol–water partition coefficient (Wildman–Crippen LogP) is 5.67. The van der Waals surface area contributed by atoms with Gasteiger partial charge in [-0.25, -0.2) is 0 Å². The molecule has 138 valence electrons. The summed E-state index contributed by atoms with van der Waals surface area (Å²) in [4.78, 5) is 14.7. The summed E-state index contributed by atoms with van der Waals surface area (Å²) in [5, 5.41) is 2.85. The van der Waals surface area contributed by atoms with Crippen molar-refractivity contribution in [3.63, 3.8) is 0 Å². The van der Waals surface area contributed by atoms with E-state index in [0.29, 0.717) is 22.9 Å². The molecule has 1 aromatic carbocycles. The maximum atomic E-state index is 12.8. The molecule has 2 atom stereocenters. The lowest BCUT2D eigenvalue weighted by molar-refractivity contribution is -0.137. The van der Waals surface area contributed by atoms with Crippen molar-refractivity contribution < 1.29 is 18.0 Å². The van der Waals surface area contributed by atoms with Crippen molar-refractivity contribution in [2.45, 2.75) is 39.3 Å². The standard InChI is InChI=1S/C20H20F3NOS/c1-10-16-13(8-14-17(16)19(14,2)3)18(26-10)15(25)9-24-12-6-4-5-11(7-12)20(21,22)23/h4-7,14,17,24H,8-9H2,1-3H3/t14-,17-/m1/s1. The zero-order valence-electron chi connectivity index (χ0n) is 14.8. The van der Waals surface area contributed by atoms with E-state index in [9.17, 15) is 18.0 Å². The Hall–Kier alpha value is -1.82. The number of aryl methyl sites for hydroxylation is 1. The van der Waals surface area contributed by atoms with Crippen LogP contribution in [0.25, 0.3) is 0 Å². The van der Waals surface area contributed by atoms with E-state index in [2.05, 4.69) is 26.1 Å². The number of alkyl halides is 3. The molecule has 0 amide bonds. The highest BCUT2D eigenvalue weighted by Crippen LogP contribution is 2.71. The van der Waals surface area contributed by atoms with Crippen molar-refractivity contribution in [3.8, 4) is 0 Å². The number of Topliss-reactive ketones (excluding diaryl/α,β-unsaturated/α-hetero) is 1. The number of ketones is 1. The summed E-state index contributed by atoms with van der Waals surface area (Å²) in [5.41, 5.74) is 2.45. The zero-order valence-corrected chi connectivity index (χ0v) is 15.6. The van der Waals surface area contributed by atoms with E-state index >= 15 is 0 Å². The van der Waals surface area contributed by atoms with Crippen molar-refractivity contribution >= 4 is 22.8 Å². The highest BCUT2D eigenvalue weighted by atomic mass is 32.1. The summed E-state index contributed by atoms with van der Waals surface area (Å²) in [5.74, 6) is 1.14. The normalized spacial score (nSPS) is 22.7. The minimum atomic E-state index is -4.39. The topological polar surface area (TPSA) is 29.1 Å². The van der Waals surface area contributed by atoms with Gasteiger partial charge in [0.25, 0.3) is 0 Å². The van der Waals surface area contributed by atoms with E-state index < -0.39 is 11.7 Å². The fourth-order valence-corrected chi connectivity index (χ4v) is 5.59. The monoisotopic (exact) mass is 379 g/mol. The molecular formula is C20H20F3NOS. The van der Waals surface area contributed by atoms with Crippen LogP contribution in [-0.2, 0) is 12.6 Å². The number of thiophene rings is 1. The van der Waals surface area contributed by atoms with Crippen LogP contribution >= 0.6 is 11.3 Å². The number of anilines is 1. The van der Waals surface area contributed by atoms with Gasteiger partial charge in [-0.1, -0.05) is 19.9 Å². The number of carbonyl (C=O) groups excluding carboxylic acids is 1. The van der Waals surface area contributed by atoms with Crippen molar-refractivity contribution in [1.29, 1.82) is 0 Å². The SMILES string of the molecule is Cc1sc(C(=O)CNc2cccc(C(F)(F)F)c2)c2c1[C@H]1[C@@H](C2)C1(C)C. The third-order valence-corrected chi connectivity index (χ3v) is 7.12. The molecule has 0 unspecified atom stereocenters. The van der Waals surface area contributed by atoms with Crippen LogP contribution in [-0.4, -0.2) is 12.3 Å². The molecule has 4 rings (SSSR count). The third-order valence-electron chi connectivity index (χ3n) is 5.92. The fourth-order valence-electron chi connectivity index (χ4n) is 4.43. The number of rotatable bonds is 4. The molecule has 0 aliphatic heterocycles. The maximum absolute atomic E-state index is 12.8. The molecule has 2 aromatic rings. The van der Waals surface area contributed by atoms with Gasteiger partial charge >= 0.3 is 6.18 Å². The van der Waals surface area contributed by atoms with Crippen LogP contribution in [0, 0.1) is 18.3 Å². The van der Waals surface area contributed by atoms with Crippen LogP contribution < -0.4 is 5.32 Å². The first-order valence-electron chi connectivity index (χ1n) is 8.67. The first-order valence-corrected chi connectivity index (χ1v) is 9.49. The van der Waals surface area contributed by atoms with Crippen LogP contribution in [0.3, 0.4) is 0 Å². The number of hydrogen-bond acceptors (Lipinski definition) is 3. The van der Waals surface area contributed by atoms with Gasteiger partial charge in [0, 0.05) is 10.6 Å². The van der Waals surface area contributed by atoms with E-state index in [1.54, 1.807) is 6.07 Å². The second-order valence-corrected chi connectivity index (χ2v) is 9.07. The average molecular weight is 379 g/mol.